The van der Waals surface area contributed by atoms with Crippen LogP contribution < -0.4 is 10.5 Å². The number of hydrogen-bond donors (Lipinski definition) is 1. The molecule has 5 heteroatoms. The number of methoxy groups -OCH3 is 1. The minimum atomic E-state index is -0.221. The van der Waals surface area contributed by atoms with Gasteiger partial charge in [-0.2, -0.15) is 0 Å². The quantitative estimate of drug-likeness (QED) is 0.766. The third kappa shape index (κ3) is 1.63. The Morgan fingerprint density at radius 3 is 2.94 bits per heavy atom. The fraction of sp³-hybridized carbons (Fsp3) is 0.0909. The summed E-state index contributed by atoms with van der Waals surface area (Å²) in [5.74, 6) is 0.169. The lowest BCUT2D eigenvalue weighted by Gasteiger charge is -2.09. The van der Waals surface area contributed by atoms with Crippen molar-refractivity contribution in [1.82, 2.24) is 9.55 Å². The van der Waals surface area contributed by atoms with Gasteiger partial charge in [0.1, 0.15) is 6.33 Å². The summed E-state index contributed by atoms with van der Waals surface area (Å²) in [6.07, 6.45) is 4.55. The highest BCUT2D eigenvalue weighted by Gasteiger charge is 2.15. The second kappa shape index (κ2) is 4.06. The van der Waals surface area contributed by atoms with Gasteiger partial charge in [-0.15, -0.1) is 0 Å². The van der Waals surface area contributed by atoms with Crippen LogP contribution in [0, 0.1) is 0 Å². The fourth-order valence-corrected chi connectivity index (χ4v) is 1.47. The van der Waals surface area contributed by atoms with Crippen LogP contribution >= 0.6 is 0 Å². The molecule has 0 amide bonds. The molecule has 0 spiro atoms. The number of carbonyl (C=O) groups is 1. The van der Waals surface area contributed by atoms with Gasteiger partial charge in [-0.3, -0.25) is 9.36 Å². The first-order chi connectivity index (χ1) is 7.74. The molecule has 1 aromatic heterocycles. The van der Waals surface area contributed by atoms with Gasteiger partial charge in [0.2, 0.25) is 0 Å². The van der Waals surface area contributed by atoms with Crippen molar-refractivity contribution in [3.63, 3.8) is 0 Å². The van der Waals surface area contributed by atoms with Crippen LogP contribution in [0.25, 0.3) is 0 Å². The summed E-state index contributed by atoms with van der Waals surface area (Å²) in [6.45, 7) is 0. The topological polar surface area (TPSA) is 70.1 Å². The number of imidazole rings is 1. The predicted octanol–water partition coefficient (Wildman–Crippen LogP) is 1.16. The van der Waals surface area contributed by atoms with Crippen molar-refractivity contribution in [1.29, 1.82) is 0 Å². The highest BCUT2D eigenvalue weighted by atomic mass is 16.5. The van der Waals surface area contributed by atoms with E-state index in [9.17, 15) is 4.79 Å². The summed E-state index contributed by atoms with van der Waals surface area (Å²) in [5.41, 5.74) is 6.58. The lowest BCUT2D eigenvalue weighted by atomic mass is 10.1. The first-order valence-corrected chi connectivity index (χ1v) is 4.69. The molecule has 0 fully saturated rings. The Kier molecular flexibility index (Phi) is 2.59. The summed E-state index contributed by atoms with van der Waals surface area (Å²) < 4.78 is 6.49. The average molecular weight is 217 g/mol. The third-order valence-corrected chi connectivity index (χ3v) is 2.22. The van der Waals surface area contributed by atoms with E-state index in [1.54, 1.807) is 24.4 Å². The number of para-hydroxylation sites is 1. The van der Waals surface area contributed by atoms with E-state index in [1.807, 2.05) is 0 Å². The molecule has 0 aliphatic heterocycles. The van der Waals surface area contributed by atoms with Crippen LogP contribution in [0.1, 0.15) is 10.4 Å². The number of nitrogens with two attached hydrogens (primary N) is 1. The zero-order valence-electron chi connectivity index (χ0n) is 8.75. The largest absolute Gasteiger partial charge is 0.494 e. The van der Waals surface area contributed by atoms with Gasteiger partial charge < -0.3 is 10.5 Å². The molecule has 5 nitrogen and oxygen atoms in total. The molecule has 2 rings (SSSR count). The highest BCUT2D eigenvalue weighted by molar-refractivity contribution is 5.99. The monoisotopic (exact) mass is 217 g/mol. The molecule has 0 saturated heterocycles. The fourth-order valence-electron chi connectivity index (χ4n) is 1.47. The third-order valence-electron chi connectivity index (χ3n) is 2.22. The van der Waals surface area contributed by atoms with Crippen molar-refractivity contribution in [2.45, 2.75) is 0 Å². The molecule has 0 atom stereocenters. The number of aromatic nitrogens is 2. The van der Waals surface area contributed by atoms with Crippen molar-refractivity contribution in [2.24, 2.45) is 0 Å². The smallest absolute Gasteiger partial charge is 0.266 e. The maximum Gasteiger partial charge on any atom is 0.266 e. The van der Waals surface area contributed by atoms with Crippen LogP contribution in [0.15, 0.2) is 36.9 Å². The van der Waals surface area contributed by atoms with E-state index >= 15 is 0 Å². The Hall–Kier alpha value is -2.30. The van der Waals surface area contributed by atoms with Crippen molar-refractivity contribution >= 4 is 11.6 Å². The summed E-state index contributed by atoms with van der Waals surface area (Å²) in [4.78, 5) is 15.8. The Morgan fingerprint density at radius 1 is 1.50 bits per heavy atom. The van der Waals surface area contributed by atoms with Crippen LogP contribution in [0.5, 0.6) is 5.75 Å². The van der Waals surface area contributed by atoms with E-state index in [2.05, 4.69) is 4.98 Å². The molecule has 0 unspecified atom stereocenters. The van der Waals surface area contributed by atoms with Crippen LogP contribution in [-0.4, -0.2) is 22.6 Å². The summed E-state index contributed by atoms with van der Waals surface area (Å²) in [6, 6.07) is 5.06. The normalized spacial score (nSPS) is 10.1. The Morgan fingerprint density at radius 2 is 2.31 bits per heavy atom. The number of nitrogens with zero attached hydrogens (tertiary/aromatic N) is 2. The van der Waals surface area contributed by atoms with E-state index in [-0.39, 0.29) is 5.91 Å². The lowest BCUT2D eigenvalue weighted by Crippen LogP contribution is -2.12. The molecule has 82 valence electrons. The summed E-state index contributed by atoms with van der Waals surface area (Å²) >= 11 is 0. The van der Waals surface area contributed by atoms with E-state index in [4.69, 9.17) is 10.5 Å². The standard InChI is InChI=1S/C11H11N3O2/c1-16-10-8(3-2-4-9(10)12)11(15)14-6-5-13-7-14/h2-7H,12H2,1H3. The van der Waals surface area contributed by atoms with Gasteiger partial charge in [-0.1, -0.05) is 6.07 Å². The van der Waals surface area contributed by atoms with Gasteiger partial charge in [-0.05, 0) is 12.1 Å². The number of hydrogen-bond acceptors (Lipinski definition) is 4. The van der Waals surface area contributed by atoms with Crippen molar-refractivity contribution in [3.05, 3.63) is 42.5 Å². The van der Waals surface area contributed by atoms with Crippen LogP contribution in [0.3, 0.4) is 0 Å². The summed E-state index contributed by atoms with van der Waals surface area (Å²) in [7, 11) is 1.48. The molecule has 0 aliphatic rings. The molecule has 2 N–H and O–H groups in total. The first-order valence-electron chi connectivity index (χ1n) is 4.69. The molecule has 0 radical (unpaired) electrons. The van der Waals surface area contributed by atoms with Crippen molar-refractivity contribution < 1.29 is 9.53 Å². The minimum Gasteiger partial charge on any atom is -0.494 e. The molecule has 0 saturated carbocycles. The number of benzene rings is 1. The van der Waals surface area contributed by atoms with Crippen LogP contribution in [0.2, 0.25) is 0 Å². The molecule has 2 aromatic rings. The maximum absolute atomic E-state index is 12.0. The second-order valence-corrected chi connectivity index (χ2v) is 3.20. The van der Waals surface area contributed by atoms with Gasteiger partial charge >= 0.3 is 0 Å². The Balaban J connectivity index is 2.48. The number of rotatable bonds is 2. The Labute approximate surface area is 92.5 Å². The molecule has 0 bridgehead atoms. The van der Waals surface area contributed by atoms with Gasteiger partial charge in [0.25, 0.3) is 5.91 Å². The number of carbonyl (C=O) groups excluding carboxylic acids is 1. The van der Waals surface area contributed by atoms with Crippen LogP contribution in [-0.2, 0) is 0 Å². The predicted molar refractivity (Wildman–Crippen MR) is 59.4 cm³/mol. The van der Waals surface area contributed by atoms with E-state index < -0.39 is 0 Å². The molecule has 1 heterocycles. The second-order valence-electron chi connectivity index (χ2n) is 3.20. The number of anilines is 1. The van der Waals surface area contributed by atoms with Gasteiger partial charge in [0.15, 0.2) is 5.75 Å². The van der Waals surface area contributed by atoms with Crippen molar-refractivity contribution in [2.75, 3.05) is 12.8 Å². The molecular weight excluding hydrogens is 206 g/mol. The number of ether oxygens (including phenoxy) is 1. The molecule has 16 heavy (non-hydrogen) atoms. The van der Waals surface area contributed by atoms with Gasteiger partial charge in [-0.25, -0.2) is 4.98 Å². The Bertz CT molecular complexity index is 506. The van der Waals surface area contributed by atoms with Gasteiger partial charge in [0, 0.05) is 12.4 Å². The zero-order chi connectivity index (χ0) is 11.5. The molecule has 1 aromatic carbocycles. The van der Waals surface area contributed by atoms with Crippen LogP contribution in [0.4, 0.5) is 5.69 Å². The lowest BCUT2D eigenvalue weighted by molar-refractivity contribution is 0.0957. The first kappa shape index (κ1) is 10.2. The number of nitrogen functional groups attached to an aromatic ring is 1. The SMILES string of the molecule is COc1c(N)cccc1C(=O)n1ccnc1. The average Bonchev–Trinajstić information content (AvgIpc) is 2.81. The van der Waals surface area contributed by atoms with Gasteiger partial charge in [0.05, 0.1) is 18.4 Å². The highest BCUT2D eigenvalue weighted by Crippen LogP contribution is 2.26. The zero-order valence-corrected chi connectivity index (χ0v) is 8.75. The van der Waals surface area contributed by atoms with Crippen molar-refractivity contribution in [3.8, 4) is 5.75 Å². The molecule has 0 aliphatic carbocycles. The minimum absolute atomic E-state index is 0.221. The van der Waals surface area contributed by atoms with E-state index in [0.29, 0.717) is 17.0 Å². The maximum atomic E-state index is 12.0. The van der Waals surface area contributed by atoms with E-state index in [0.717, 1.165) is 0 Å². The van der Waals surface area contributed by atoms with E-state index in [1.165, 1.54) is 24.2 Å². The summed E-state index contributed by atoms with van der Waals surface area (Å²) in [5, 5.41) is 0. The molecular formula is C11H11N3O2.